The Balaban J connectivity index is 1.57. The molecule has 1 aromatic heterocycles. The first-order valence-electron chi connectivity index (χ1n) is 8.57. The predicted octanol–water partition coefficient (Wildman–Crippen LogP) is 2.31. The van der Waals surface area contributed by atoms with Crippen molar-refractivity contribution in [2.45, 2.75) is 31.9 Å². The lowest BCUT2D eigenvalue weighted by Crippen LogP contribution is -2.45. The molecule has 2 N–H and O–H groups in total. The third-order valence-corrected chi connectivity index (χ3v) is 4.44. The summed E-state index contributed by atoms with van der Waals surface area (Å²) < 4.78 is 15.8. The third kappa shape index (κ3) is 4.91. The van der Waals surface area contributed by atoms with E-state index >= 15 is 0 Å². The molecule has 2 heterocycles. The van der Waals surface area contributed by atoms with Gasteiger partial charge in [-0.2, -0.15) is 0 Å². The highest BCUT2D eigenvalue weighted by Gasteiger charge is 2.24. The van der Waals surface area contributed by atoms with Crippen molar-refractivity contribution in [3.05, 3.63) is 40.7 Å². The summed E-state index contributed by atoms with van der Waals surface area (Å²) in [6.45, 7) is 0.681. The highest BCUT2D eigenvalue weighted by atomic mass is 35.5. The van der Waals surface area contributed by atoms with Crippen LogP contribution in [0.1, 0.15) is 35.5 Å². The maximum Gasteiger partial charge on any atom is 0.274 e. The second kappa shape index (κ2) is 8.77. The molecule has 0 unspecified atom stereocenters. The zero-order valence-electron chi connectivity index (χ0n) is 14.8. The van der Waals surface area contributed by atoms with Gasteiger partial charge in [0.15, 0.2) is 11.5 Å². The molecule has 1 fully saturated rings. The van der Waals surface area contributed by atoms with Crippen LogP contribution in [0.4, 0.5) is 0 Å². The number of aromatic nitrogens is 1. The van der Waals surface area contributed by atoms with E-state index in [1.54, 1.807) is 25.3 Å². The second-order valence-electron chi connectivity index (χ2n) is 6.08. The molecule has 2 aromatic rings. The highest BCUT2D eigenvalue weighted by Crippen LogP contribution is 2.29. The molecule has 0 radical (unpaired) electrons. The van der Waals surface area contributed by atoms with Crippen LogP contribution in [0.15, 0.2) is 28.8 Å². The average molecular weight is 394 g/mol. The van der Waals surface area contributed by atoms with Crippen LogP contribution >= 0.6 is 11.6 Å². The van der Waals surface area contributed by atoms with E-state index in [0.29, 0.717) is 35.2 Å². The SMILES string of the molecule is COc1ccc(OCc2cc(C(=O)N[C@H]3CCCCNC3=O)no2)c(Cl)c1. The summed E-state index contributed by atoms with van der Waals surface area (Å²) in [5, 5.41) is 9.59. The summed E-state index contributed by atoms with van der Waals surface area (Å²) in [6, 6.07) is 5.94. The normalized spacial score (nSPS) is 17.0. The van der Waals surface area contributed by atoms with Crippen LogP contribution in [0.5, 0.6) is 11.5 Å². The number of carbonyl (C=O) groups excluding carboxylic acids is 2. The van der Waals surface area contributed by atoms with E-state index in [1.165, 1.54) is 6.07 Å². The summed E-state index contributed by atoms with van der Waals surface area (Å²) in [5.74, 6) is 0.789. The Bertz CT molecular complexity index is 823. The predicted molar refractivity (Wildman–Crippen MR) is 97.0 cm³/mol. The van der Waals surface area contributed by atoms with Crippen LogP contribution in [-0.2, 0) is 11.4 Å². The summed E-state index contributed by atoms with van der Waals surface area (Å²) in [5.41, 5.74) is 0.0893. The molecule has 0 spiro atoms. The molecule has 1 atom stereocenters. The number of rotatable bonds is 6. The lowest BCUT2D eigenvalue weighted by Gasteiger charge is -2.13. The molecule has 0 saturated carbocycles. The Morgan fingerprint density at radius 3 is 3.04 bits per heavy atom. The Morgan fingerprint density at radius 2 is 2.26 bits per heavy atom. The molecule has 0 bridgehead atoms. The van der Waals surface area contributed by atoms with Crippen LogP contribution in [0, 0.1) is 0 Å². The molecule has 3 rings (SSSR count). The first-order valence-corrected chi connectivity index (χ1v) is 8.95. The molecule has 2 amide bonds. The quantitative estimate of drug-likeness (QED) is 0.780. The minimum atomic E-state index is -0.561. The summed E-state index contributed by atoms with van der Waals surface area (Å²) in [4.78, 5) is 24.2. The zero-order valence-corrected chi connectivity index (χ0v) is 15.5. The Labute approximate surface area is 161 Å². The minimum absolute atomic E-state index is 0.0518. The maximum absolute atomic E-state index is 12.3. The van der Waals surface area contributed by atoms with E-state index in [2.05, 4.69) is 15.8 Å². The van der Waals surface area contributed by atoms with Crippen molar-refractivity contribution in [1.29, 1.82) is 0 Å². The van der Waals surface area contributed by atoms with E-state index in [4.69, 9.17) is 25.6 Å². The average Bonchev–Trinajstić information content (AvgIpc) is 3.05. The van der Waals surface area contributed by atoms with Crippen LogP contribution in [-0.4, -0.2) is 36.7 Å². The number of hydrogen-bond donors (Lipinski definition) is 2. The number of ether oxygens (including phenoxy) is 2. The minimum Gasteiger partial charge on any atom is -0.497 e. The van der Waals surface area contributed by atoms with Crippen LogP contribution in [0.25, 0.3) is 0 Å². The van der Waals surface area contributed by atoms with Gasteiger partial charge in [0, 0.05) is 18.7 Å². The molecule has 0 aliphatic carbocycles. The van der Waals surface area contributed by atoms with Gasteiger partial charge in [-0.05, 0) is 31.4 Å². The third-order valence-electron chi connectivity index (χ3n) is 4.14. The van der Waals surface area contributed by atoms with Crippen molar-refractivity contribution < 1.29 is 23.6 Å². The van der Waals surface area contributed by atoms with E-state index in [0.717, 1.165) is 12.8 Å². The summed E-state index contributed by atoms with van der Waals surface area (Å²) >= 11 is 6.11. The van der Waals surface area contributed by atoms with Crippen LogP contribution in [0.2, 0.25) is 5.02 Å². The van der Waals surface area contributed by atoms with Gasteiger partial charge in [0.05, 0.1) is 12.1 Å². The molecule has 1 aliphatic rings. The number of benzene rings is 1. The number of halogens is 1. The van der Waals surface area contributed by atoms with Gasteiger partial charge in [-0.1, -0.05) is 16.8 Å². The smallest absolute Gasteiger partial charge is 0.274 e. The van der Waals surface area contributed by atoms with Gasteiger partial charge in [0.2, 0.25) is 5.91 Å². The molecular formula is C18H20ClN3O5. The lowest BCUT2D eigenvalue weighted by molar-refractivity contribution is -0.122. The fraction of sp³-hybridized carbons (Fsp3) is 0.389. The molecule has 1 aliphatic heterocycles. The molecule has 144 valence electrons. The van der Waals surface area contributed by atoms with E-state index in [9.17, 15) is 9.59 Å². The fourth-order valence-electron chi connectivity index (χ4n) is 2.67. The first-order chi connectivity index (χ1) is 13.1. The standard InChI is InChI=1S/C18H20ClN3O5/c1-25-11-5-6-16(13(19)8-11)26-10-12-9-15(22-27-12)18(24)21-14-4-2-3-7-20-17(14)23/h5-6,8-9,14H,2-4,7,10H2,1H3,(H,20,23)(H,21,24)/t14-/m0/s1. The van der Waals surface area contributed by atoms with Gasteiger partial charge < -0.3 is 24.6 Å². The summed E-state index contributed by atoms with van der Waals surface area (Å²) in [7, 11) is 1.55. The topological polar surface area (TPSA) is 103 Å². The molecule has 9 heteroatoms. The molecular weight excluding hydrogens is 374 g/mol. The highest BCUT2D eigenvalue weighted by molar-refractivity contribution is 6.32. The van der Waals surface area contributed by atoms with E-state index in [1.807, 2.05) is 0 Å². The van der Waals surface area contributed by atoms with Gasteiger partial charge in [-0.3, -0.25) is 9.59 Å². The number of hydrogen-bond acceptors (Lipinski definition) is 6. The molecule has 1 saturated heterocycles. The zero-order chi connectivity index (χ0) is 19.2. The van der Waals surface area contributed by atoms with Crippen molar-refractivity contribution in [1.82, 2.24) is 15.8 Å². The summed E-state index contributed by atoms with van der Waals surface area (Å²) in [6.07, 6.45) is 2.36. The van der Waals surface area contributed by atoms with Gasteiger partial charge in [-0.25, -0.2) is 0 Å². The number of amides is 2. The fourth-order valence-corrected chi connectivity index (χ4v) is 2.90. The number of methoxy groups -OCH3 is 1. The van der Waals surface area contributed by atoms with Crippen molar-refractivity contribution in [2.75, 3.05) is 13.7 Å². The number of carbonyl (C=O) groups is 2. The Morgan fingerprint density at radius 1 is 1.41 bits per heavy atom. The van der Waals surface area contributed by atoms with Gasteiger partial charge >= 0.3 is 0 Å². The lowest BCUT2D eigenvalue weighted by atomic mass is 10.1. The van der Waals surface area contributed by atoms with E-state index in [-0.39, 0.29) is 18.2 Å². The van der Waals surface area contributed by atoms with Gasteiger partial charge in [-0.15, -0.1) is 0 Å². The van der Waals surface area contributed by atoms with Crippen LogP contribution in [0.3, 0.4) is 0 Å². The largest absolute Gasteiger partial charge is 0.497 e. The number of nitrogens with zero attached hydrogens (tertiary/aromatic N) is 1. The molecule has 8 nitrogen and oxygen atoms in total. The second-order valence-corrected chi connectivity index (χ2v) is 6.48. The Kier molecular flexibility index (Phi) is 6.18. The number of nitrogens with one attached hydrogen (secondary N) is 2. The van der Waals surface area contributed by atoms with E-state index < -0.39 is 11.9 Å². The van der Waals surface area contributed by atoms with Gasteiger partial charge in [0.25, 0.3) is 5.91 Å². The van der Waals surface area contributed by atoms with Crippen molar-refractivity contribution >= 4 is 23.4 Å². The Hall–Kier alpha value is -2.74. The van der Waals surface area contributed by atoms with Crippen LogP contribution < -0.4 is 20.1 Å². The molecule has 1 aromatic carbocycles. The molecule has 27 heavy (non-hydrogen) atoms. The first kappa shape index (κ1) is 19.0. The monoisotopic (exact) mass is 393 g/mol. The van der Waals surface area contributed by atoms with Crippen molar-refractivity contribution in [3.63, 3.8) is 0 Å². The van der Waals surface area contributed by atoms with Crippen molar-refractivity contribution in [2.24, 2.45) is 0 Å². The van der Waals surface area contributed by atoms with Gasteiger partial charge in [0.1, 0.15) is 24.1 Å². The maximum atomic E-state index is 12.3. The van der Waals surface area contributed by atoms with Crippen molar-refractivity contribution in [3.8, 4) is 11.5 Å².